The highest BCUT2D eigenvalue weighted by Crippen LogP contribution is 2.25. The highest BCUT2D eigenvalue weighted by molar-refractivity contribution is 5.62. The molecule has 0 unspecified atom stereocenters. The lowest BCUT2D eigenvalue weighted by molar-refractivity contribution is 0.295. The lowest BCUT2D eigenvalue weighted by Gasteiger charge is -2.11. The molecule has 0 spiro atoms. The second-order valence-electron chi connectivity index (χ2n) is 5.16. The van der Waals surface area contributed by atoms with Crippen LogP contribution in [0.2, 0.25) is 0 Å². The van der Waals surface area contributed by atoms with Crippen LogP contribution in [0.3, 0.4) is 0 Å². The molecule has 0 saturated carbocycles. The second-order valence-corrected chi connectivity index (χ2v) is 5.16. The van der Waals surface area contributed by atoms with Crippen LogP contribution in [0.25, 0.3) is 0 Å². The summed E-state index contributed by atoms with van der Waals surface area (Å²) in [4.78, 5) is 12.4. The average molecular weight is 348 g/mol. The van der Waals surface area contributed by atoms with Gasteiger partial charge in [-0.1, -0.05) is 24.3 Å². The standard InChI is InChI=1S/C18H16N6O2/c1-25-15-9-5-3-7-13(15)21-18-23-16(22-17(20)24-18)11-26-14-8-4-2-6-12(14)10-19/h2-9H,11H2,1H3,(H3,20,21,22,23,24). The topological polar surface area (TPSA) is 119 Å². The number of hydrogen-bond donors (Lipinski definition) is 2. The lowest BCUT2D eigenvalue weighted by Crippen LogP contribution is -2.10. The van der Waals surface area contributed by atoms with E-state index in [1.807, 2.05) is 24.3 Å². The van der Waals surface area contributed by atoms with Gasteiger partial charge in [-0.05, 0) is 24.3 Å². The summed E-state index contributed by atoms with van der Waals surface area (Å²) in [6.45, 7) is 0.0476. The average Bonchev–Trinajstić information content (AvgIpc) is 2.66. The zero-order valence-electron chi connectivity index (χ0n) is 14.0. The zero-order chi connectivity index (χ0) is 18.4. The predicted octanol–water partition coefficient (Wildman–Crippen LogP) is 2.66. The van der Waals surface area contributed by atoms with E-state index in [0.29, 0.717) is 28.6 Å². The minimum atomic E-state index is 0.0476. The monoisotopic (exact) mass is 348 g/mol. The van der Waals surface area contributed by atoms with Gasteiger partial charge in [-0.15, -0.1) is 0 Å². The van der Waals surface area contributed by atoms with E-state index in [-0.39, 0.29) is 18.5 Å². The molecular formula is C18H16N6O2. The largest absolute Gasteiger partial charge is 0.495 e. The SMILES string of the molecule is COc1ccccc1Nc1nc(N)nc(COc2ccccc2C#N)n1. The third-order valence-electron chi connectivity index (χ3n) is 3.42. The van der Waals surface area contributed by atoms with E-state index < -0.39 is 0 Å². The molecule has 0 radical (unpaired) electrons. The number of nitrogen functional groups attached to an aromatic ring is 1. The Kier molecular flexibility index (Phi) is 5.10. The summed E-state index contributed by atoms with van der Waals surface area (Å²) < 4.78 is 10.9. The van der Waals surface area contributed by atoms with Gasteiger partial charge in [0.2, 0.25) is 11.9 Å². The fraction of sp³-hybridized carbons (Fsp3) is 0.111. The Morgan fingerprint density at radius 1 is 1.04 bits per heavy atom. The fourth-order valence-corrected chi connectivity index (χ4v) is 2.25. The molecule has 8 heteroatoms. The van der Waals surface area contributed by atoms with E-state index in [1.54, 1.807) is 31.4 Å². The van der Waals surface area contributed by atoms with E-state index in [0.717, 1.165) is 0 Å². The summed E-state index contributed by atoms with van der Waals surface area (Å²) in [5, 5.41) is 12.2. The normalized spacial score (nSPS) is 10.0. The first-order chi connectivity index (χ1) is 12.7. The van der Waals surface area contributed by atoms with Crippen LogP contribution in [0.1, 0.15) is 11.4 Å². The Morgan fingerprint density at radius 3 is 2.54 bits per heavy atom. The van der Waals surface area contributed by atoms with Gasteiger partial charge in [-0.2, -0.15) is 20.2 Å². The summed E-state index contributed by atoms with van der Waals surface area (Å²) >= 11 is 0. The summed E-state index contributed by atoms with van der Waals surface area (Å²) in [5.74, 6) is 1.77. The van der Waals surface area contributed by atoms with Gasteiger partial charge in [-0.3, -0.25) is 0 Å². The van der Waals surface area contributed by atoms with Gasteiger partial charge < -0.3 is 20.5 Å². The molecule has 130 valence electrons. The number of para-hydroxylation sites is 3. The van der Waals surface area contributed by atoms with Crippen molar-refractivity contribution in [3.63, 3.8) is 0 Å². The number of rotatable bonds is 6. The summed E-state index contributed by atoms with van der Waals surface area (Å²) in [5.41, 5.74) is 6.90. The maximum absolute atomic E-state index is 9.10. The quantitative estimate of drug-likeness (QED) is 0.698. The van der Waals surface area contributed by atoms with Crippen molar-refractivity contribution in [2.75, 3.05) is 18.2 Å². The number of nitrogens with two attached hydrogens (primary N) is 1. The number of ether oxygens (including phenoxy) is 2. The molecule has 3 rings (SSSR count). The number of nitriles is 1. The third-order valence-corrected chi connectivity index (χ3v) is 3.42. The number of benzene rings is 2. The Morgan fingerprint density at radius 2 is 1.77 bits per heavy atom. The molecule has 3 N–H and O–H groups in total. The van der Waals surface area contributed by atoms with Gasteiger partial charge in [0, 0.05) is 0 Å². The van der Waals surface area contributed by atoms with Gasteiger partial charge in [0.1, 0.15) is 24.2 Å². The molecule has 0 aliphatic carbocycles. The second kappa shape index (κ2) is 7.81. The molecule has 0 aliphatic heterocycles. The van der Waals surface area contributed by atoms with E-state index in [9.17, 15) is 0 Å². The molecule has 0 amide bonds. The molecule has 0 atom stereocenters. The minimum Gasteiger partial charge on any atom is -0.495 e. The van der Waals surface area contributed by atoms with E-state index in [4.69, 9.17) is 20.5 Å². The third kappa shape index (κ3) is 3.96. The number of aromatic nitrogens is 3. The van der Waals surface area contributed by atoms with Crippen LogP contribution in [-0.4, -0.2) is 22.1 Å². The molecule has 26 heavy (non-hydrogen) atoms. The molecule has 0 bridgehead atoms. The molecular weight excluding hydrogens is 332 g/mol. The van der Waals surface area contributed by atoms with E-state index in [1.165, 1.54) is 0 Å². The zero-order valence-corrected chi connectivity index (χ0v) is 14.0. The number of methoxy groups -OCH3 is 1. The maximum atomic E-state index is 9.10. The van der Waals surface area contributed by atoms with Gasteiger partial charge in [0.15, 0.2) is 5.82 Å². The Labute approximate surface area is 150 Å². The van der Waals surface area contributed by atoms with Crippen LogP contribution in [0.5, 0.6) is 11.5 Å². The van der Waals surface area contributed by atoms with Crippen LogP contribution in [0.4, 0.5) is 17.6 Å². The molecule has 0 saturated heterocycles. The molecule has 1 heterocycles. The Balaban J connectivity index is 1.78. The van der Waals surface area contributed by atoms with Crippen molar-refractivity contribution in [2.45, 2.75) is 6.61 Å². The Hall–Kier alpha value is -3.86. The van der Waals surface area contributed by atoms with Crippen LogP contribution < -0.4 is 20.5 Å². The first kappa shape index (κ1) is 17.0. The van der Waals surface area contributed by atoms with Crippen molar-refractivity contribution in [3.8, 4) is 17.6 Å². The summed E-state index contributed by atoms with van der Waals surface area (Å²) in [6, 6.07) is 16.4. The maximum Gasteiger partial charge on any atom is 0.232 e. The van der Waals surface area contributed by atoms with Crippen molar-refractivity contribution < 1.29 is 9.47 Å². The van der Waals surface area contributed by atoms with Gasteiger partial charge in [0.05, 0.1) is 18.4 Å². The predicted molar refractivity (Wildman–Crippen MR) is 96.0 cm³/mol. The summed E-state index contributed by atoms with van der Waals surface area (Å²) in [7, 11) is 1.58. The Bertz CT molecular complexity index is 954. The number of hydrogen-bond acceptors (Lipinski definition) is 8. The first-order valence-corrected chi connectivity index (χ1v) is 7.72. The fourth-order valence-electron chi connectivity index (χ4n) is 2.25. The van der Waals surface area contributed by atoms with Crippen LogP contribution in [-0.2, 0) is 6.61 Å². The first-order valence-electron chi connectivity index (χ1n) is 7.72. The minimum absolute atomic E-state index is 0.0476. The van der Waals surface area contributed by atoms with Crippen molar-refractivity contribution in [2.24, 2.45) is 0 Å². The van der Waals surface area contributed by atoms with Crippen molar-refractivity contribution in [1.29, 1.82) is 5.26 Å². The molecule has 8 nitrogen and oxygen atoms in total. The van der Waals surface area contributed by atoms with E-state index >= 15 is 0 Å². The smallest absolute Gasteiger partial charge is 0.232 e. The van der Waals surface area contributed by atoms with Gasteiger partial charge in [-0.25, -0.2) is 0 Å². The number of nitrogens with zero attached hydrogens (tertiary/aromatic N) is 4. The molecule has 2 aromatic carbocycles. The van der Waals surface area contributed by atoms with Crippen molar-refractivity contribution in [3.05, 3.63) is 59.9 Å². The summed E-state index contributed by atoms with van der Waals surface area (Å²) in [6.07, 6.45) is 0. The lowest BCUT2D eigenvalue weighted by atomic mass is 10.2. The van der Waals surface area contributed by atoms with Gasteiger partial charge >= 0.3 is 0 Å². The van der Waals surface area contributed by atoms with Crippen LogP contribution in [0, 0.1) is 11.3 Å². The molecule has 0 fully saturated rings. The highest BCUT2D eigenvalue weighted by atomic mass is 16.5. The molecule has 3 aromatic rings. The molecule has 0 aliphatic rings. The van der Waals surface area contributed by atoms with Gasteiger partial charge in [0.25, 0.3) is 0 Å². The van der Waals surface area contributed by atoms with E-state index in [2.05, 4.69) is 26.3 Å². The number of anilines is 3. The molecule has 1 aromatic heterocycles. The highest BCUT2D eigenvalue weighted by Gasteiger charge is 2.09. The number of nitrogens with one attached hydrogen (secondary N) is 1. The van der Waals surface area contributed by atoms with Crippen molar-refractivity contribution in [1.82, 2.24) is 15.0 Å². The van der Waals surface area contributed by atoms with Crippen LogP contribution >= 0.6 is 0 Å². The van der Waals surface area contributed by atoms with Crippen molar-refractivity contribution >= 4 is 17.6 Å². The van der Waals surface area contributed by atoms with Crippen LogP contribution in [0.15, 0.2) is 48.5 Å².